The van der Waals surface area contributed by atoms with Crippen molar-refractivity contribution in [3.8, 4) is 5.75 Å². The van der Waals surface area contributed by atoms with Crippen LogP contribution in [0.5, 0.6) is 5.75 Å². The summed E-state index contributed by atoms with van der Waals surface area (Å²) in [6.07, 6.45) is 4.90. The van der Waals surface area contributed by atoms with Crippen LogP contribution in [0.2, 0.25) is 0 Å². The lowest BCUT2D eigenvalue weighted by Gasteiger charge is -2.25. The quantitative estimate of drug-likeness (QED) is 0.525. The van der Waals surface area contributed by atoms with E-state index >= 15 is 0 Å². The molecule has 0 fully saturated rings. The lowest BCUT2D eigenvalue weighted by Crippen LogP contribution is -2.29. The third kappa shape index (κ3) is 6.94. The van der Waals surface area contributed by atoms with E-state index in [1.165, 1.54) is 12.8 Å². The Morgan fingerprint density at radius 2 is 1.82 bits per heavy atom. The fourth-order valence-electron chi connectivity index (χ4n) is 2.08. The molecular weight excluding hydrogens is 280 g/mol. The summed E-state index contributed by atoms with van der Waals surface area (Å²) in [6.45, 7) is 6.54. The van der Waals surface area contributed by atoms with E-state index in [0.717, 1.165) is 12.8 Å². The van der Waals surface area contributed by atoms with Crippen LogP contribution >= 0.6 is 0 Å². The van der Waals surface area contributed by atoms with Gasteiger partial charge in [0.2, 0.25) is 0 Å². The Morgan fingerprint density at radius 3 is 2.41 bits per heavy atom. The van der Waals surface area contributed by atoms with Gasteiger partial charge in [-0.25, -0.2) is 4.79 Å². The van der Waals surface area contributed by atoms with Crippen molar-refractivity contribution in [3.63, 3.8) is 0 Å². The van der Waals surface area contributed by atoms with Gasteiger partial charge in [-0.3, -0.25) is 0 Å². The fraction of sp³-hybridized carbons (Fsp3) is 0.611. The summed E-state index contributed by atoms with van der Waals surface area (Å²) in [5.74, 6) is 0.385. The average molecular weight is 308 g/mol. The molecule has 0 heterocycles. The summed E-state index contributed by atoms with van der Waals surface area (Å²) in [4.78, 5) is 11.9. The standard InChI is InChI=1S/C18H28O4/c1-4-5-6-7-14-21-17(20)15-8-10-16(11-9-15)22-18(2,3)12-13-19/h8-11,19H,4-7,12-14H2,1-3H3. The van der Waals surface area contributed by atoms with Gasteiger partial charge in [0.1, 0.15) is 11.4 Å². The minimum Gasteiger partial charge on any atom is -0.488 e. The van der Waals surface area contributed by atoms with Crippen molar-refractivity contribution in [2.75, 3.05) is 13.2 Å². The van der Waals surface area contributed by atoms with E-state index in [-0.39, 0.29) is 12.6 Å². The number of aliphatic hydroxyl groups excluding tert-OH is 1. The SMILES string of the molecule is CCCCCCOC(=O)c1ccc(OC(C)(C)CCO)cc1. The van der Waals surface area contributed by atoms with Crippen molar-refractivity contribution >= 4 is 5.97 Å². The molecule has 0 saturated heterocycles. The molecule has 0 aliphatic heterocycles. The molecule has 4 heteroatoms. The third-order valence-corrected chi connectivity index (χ3v) is 3.43. The zero-order valence-corrected chi connectivity index (χ0v) is 13.9. The first-order chi connectivity index (χ1) is 10.5. The normalized spacial score (nSPS) is 11.3. The molecule has 1 rings (SSSR count). The number of rotatable bonds is 10. The predicted molar refractivity (Wildman–Crippen MR) is 87.3 cm³/mol. The first-order valence-corrected chi connectivity index (χ1v) is 8.05. The molecule has 0 amide bonds. The van der Waals surface area contributed by atoms with Crippen molar-refractivity contribution in [1.82, 2.24) is 0 Å². The van der Waals surface area contributed by atoms with Gasteiger partial charge in [0.25, 0.3) is 0 Å². The van der Waals surface area contributed by atoms with Crippen LogP contribution in [0.15, 0.2) is 24.3 Å². The van der Waals surface area contributed by atoms with Crippen molar-refractivity contribution in [2.24, 2.45) is 0 Å². The van der Waals surface area contributed by atoms with Crippen molar-refractivity contribution in [3.05, 3.63) is 29.8 Å². The summed E-state index contributed by atoms with van der Waals surface area (Å²) in [7, 11) is 0. The lowest BCUT2D eigenvalue weighted by atomic mass is 10.1. The molecule has 1 N–H and O–H groups in total. The minimum atomic E-state index is -0.434. The molecule has 0 bridgehead atoms. The number of unbranched alkanes of at least 4 members (excludes halogenated alkanes) is 3. The maximum absolute atomic E-state index is 11.9. The number of benzene rings is 1. The highest BCUT2D eigenvalue weighted by molar-refractivity contribution is 5.89. The van der Waals surface area contributed by atoms with Crippen molar-refractivity contribution < 1.29 is 19.4 Å². The highest BCUT2D eigenvalue weighted by Crippen LogP contribution is 2.21. The summed E-state index contributed by atoms with van der Waals surface area (Å²) < 4.78 is 11.0. The minimum absolute atomic E-state index is 0.0788. The van der Waals surface area contributed by atoms with E-state index in [1.807, 2.05) is 13.8 Å². The van der Waals surface area contributed by atoms with Gasteiger partial charge in [0.05, 0.1) is 12.2 Å². The highest BCUT2D eigenvalue weighted by atomic mass is 16.5. The van der Waals surface area contributed by atoms with Crippen LogP contribution in [0.4, 0.5) is 0 Å². The summed E-state index contributed by atoms with van der Waals surface area (Å²) in [6, 6.07) is 6.93. The van der Waals surface area contributed by atoms with Crippen LogP contribution in [0.25, 0.3) is 0 Å². The fourth-order valence-corrected chi connectivity index (χ4v) is 2.08. The molecule has 0 aliphatic carbocycles. The molecule has 0 aromatic heterocycles. The molecule has 0 atom stereocenters. The average Bonchev–Trinajstić information content (AvgIpc) is 2.47. The van der Waals surface area contributed by atoms with Gasteiger partial charge in [-0.1, -0.05) is 26.2 Å². The zero-order chi connectivity index (χ0) is 16.4. The molecule has 124 valence electrons. The van der Waals surface area contributed by atoms with E-state index < -0.39 is 5.60 Å². The van der Waals surface area contributed by atoms with Crippen LogP contribution < -0.4 is 4.74 Å². The lowest BCUT2D eigenvalue weighted by molar-refractivity contribution is 0.0497. The van der Waals surface area contributed by atoms with Gasteiger partial charge in [-0.15, -0.1) is 0 Å². The molecule has 0 saturated carbocycles. The van der Waals surface area contributed by atoms with Gasteiger partial charge >= 0.3 is 5.97 Å². The van der Waals surface area contributed by atoms with E-state index in [0.29, 0.717) is 24.3 Å². The Hall–Kier alpha value is -1.55. The van der Waals surface area contributed by atoms with Gasteiger partial charge in [-0.2, -0.15) is 0 Å². The van der Waals surface area contributed by atoms with Crippen LogP contribution in [-0.4, -0.2) is 29.9 Å². The van der Waals surface area contributed by atoms with E-state index in [4.69, 9.17) is 14.6 Å². The topological polar surface area (TPSA) is 55.8 Å². The largest absolute Gasteiger partial charge is 0.488 e. The van der Waals surface area contributed by atoms with Gasteiger partial charge in [0, 0.05) is 13.0 Å². The number of hydrogen-bond acceptors (Lipinski definition) is 4. The van der Waals surface area contributed by atoms with Gasteiger partial charge in [-0.05, 0) is 44.5 Å². The second-order valence-electron chi connectivity index (χ2n) is 6.06. The predicted octanol–water partition coefficient (Wildman–Crippen LogP) is 3.96. The molecule has 4 nitrogen and oxygen atoms in total. The van der Waals surface area contributed by atoms with Gasteiger partial charge in [0.15, 0.2) is 0 Å². The third-order valence-electron chi connectivity index (χ3n) is 3.43. The van der Waals surface area contributed by atoms with Crippen molar-refractivity contribution in [2.45, 2.75) is 58.5 Å². The Bertz CT molecular complexity index is 437. The summed E-state index contributed by atoms with van der Waals surface area (Å²) in [5, 5.41) is 8.99. The second-order valence-corrected chi connectivity index (χ2v) is 6.06. The number of ether oxygens (including phenoxy) is 2. The zero-order valence-electron chi connectivity index (χ0n) is 13.9. The number of esters is 1. The molecule has 1 aromatic carbocycles. The van der Waals surface area contributed by atoms with Crippen LogP contribution in [0.1, 0.15) is 63.2 Å². The Labute approximate surface area is 133 Å². The number of carbonyl (C=O) groups excluding carboxylic acids is 1. The molecule has 0 unspecified atom stereocenters. The smallest absolute Gasteiger partial charge is 0.338 e. The van der Waals surface area contributed by atoms with E-state index in [1.54, 1.807) is 24.3 Å². The van der Waals surface area contributed by atoms with Crippen LogP contribution in [0.3, 0.4) is 0 Å². The molecule has 0 radical (unpaired) electrons. The molecule has 0 spiro atoms. The Balaban J connectivity index is 2.45. The maximum atomic E-state index is 11.9. The Morgan fingerprint density at radius 1 is 1.14 bits per heavy atom. The summed E-state index contributed by atoms with van der Waals surface area (Å²) >= 11 is 0. The molecule has 0 aliphatic rings. The first kappa shape index (κ1) is 18.5. The van der Waals surface area contributed by atoms with Crippen LogP contribution in [0, 0.1) is 0 Å². The molecular formula is C18H28O4. The number of carbonyl (C=O) groups is 1. The maximum Gasteiger partial charge on any atom is 0.338 e. The summed E-state index contributed by atoms with van der Waals surface area (Å²) in [5.41, 5.74) is 0.0959. The van der Waals surface area contributed by atoms with Crippen LogP contribution in [-0.2, 0) is 4.74 Å². The second kappa shape index (κ2) is 9.46. The van der Waals surface area contributed by atoms with E-state index in [2.05, 4.69) is 6.92 Å². The van der Waals surface area contributed by atoms with E-state index in [9.17, 15) is 4.79 Å². The van der Waals surface area contributed by atoms with Gasteiger partial charge < -0.3 is 14.6 Å². The Kier molecular flexibility index (Phi) is 7.96. The number of hydrogen-bond donors (Lipinski definition) is 1. The molecule has 22 heavy (non-hydrogen) atoms. The first-order valence-electron chi connectivity index (χ1n) is 8.05. The monoisotopic (exact) mass is 308 g/mol. The number of aliphatic hydroxyl groups is 1. The van der Waals surface area contributed by atoms with Crippen molar-refractivity contribution in [1.29, 1.82) is 0 Å². The highest BCUT2D eigenvalue weighted by Gasteiger charge is 2.19. The molecule has 1 aromatic rings.